The summed E-state index contributed by atoms with van der Waals surface area (Å²) < 4.78 is 15.5. The average molecular weight is 532 g/mol. The van der Waals surface area contributed by atoms with Gasteiger partial charge in [0.15, 0.2) is 0 Å². The van der Waals surface area contributed by atoms with Crippen LogP contribution in [0.1, 0.15) is 72.7 Å². The minimum absolute atomic E-state index is 0. The van der Waals surface area contributed by atoms with Crippen LogP contribution >= 0.6 is 0 Å². The van der Waals surface area contributed by atoms with Gasteiger partial charge in [-0.3, -0.25) is 4.79 Å². The molecule has 1 heterocycles. The summed E-state index contributed by atoms with van der Waals surface area (Å²) in [6, 6.07) is 15.2. The first-order valence-corrected chi connectivity index (χ1v) is 12.5. The Bertz CT molecular complexity index is 1230. The summed E-state index contributed by atoms with van der Waals surface area (Å²) in [4.78, 5) is 28.9. The molecule has 10 heteroatoms. The fourth-order valence-electron chi connectivity index (χ4n) is 4.52. The summed E-state index contributed by atoms with van der Waals surface area (Å²) >= 11 is 0. The number of aliphatic hydroxyl groups excluding tert-OH is 2. The van der Waals surface area contributed by atoms with E-state index >= 15 is 0 Å². The maximum atomic E-state index is 13.6. The topological polar surface area (TPSA) is 128 Å². The van der Waals surface area contributed by atoms with Crippen molar-refractivity contribution in [2.45, 2.75) is 69.7 Å². The fourth-order valence-corrected chi connectivity index (χ4v) is 4.52. The number of nitrogens with zero attached hydrogens (tertiary/aromatic N) is 2. The number of imidazole rings is 1. The van der Waals surface area contributed by atoms with Crippen molar-refractivity contribution in [3.8, 4) is 11.4 Å². The summed E-state index contributed by atoms with van der Waals surface area (Å²) in [5.41, 5.74) is 2.65. The normalized spacial score (nSPS) is 15.3. The maximum Gasteiger partial charge on any atom is 1.00 e. The van der Waals surface area contributed by atoms with E-state index in [-0.39, 0.29) is 66.8 Å². The van der Waals surface area contributed by atoms with Gasteiger partial charge in [0.25, 0.3) is 5.91 Å². The van der Waals surface area contributed by atoms with Gasteiger partial charge in [-0.05, 0) is 62.4 Å². The van der Waals surface area contributed by atoms with Gasteiger partial charge in [0.05, 0.1) is 23.9 Å². The van der Waals surface area contributed by atoms with Gasteiger partial charge in [-0.1, -0.05) is 30.3 Å². The van der Waals surface area contributed by atoms with Gasteiger partial charge >= 0.3 is 29.6 Å². The first-order chi connectivity index (χ1) is 17.7. The molecule has 1 amide bonds. The van der Waals surface area contributed by atoms with Crippen LogP contribution < -0.4 is 40.0 Å². The van der Waals surface area contributed by atoms with Crippen LogP contribution in [-0.4, -0.2) is 43.8 Å². The average Bonchev–Trinajstić information content (AvgIpc) is 3.63. The quantitative estimate of drug-likeness (QED) is 0.276. The predicted octanol–water partition coefficient (Wildman–Crippen LogP) is -0.296. The second-order valence-corrected chi connectivity index (χ2v) is 9.62. The first-order valence-electron chi connectivity index (χ1n) is 12.5. The van der Waals surface area contributed by atoms with Crippen LogP contribution in [0, 0.1) is 5.82 Å². The molecule has 3 aromatic rings. The predicted molar refractivity (Wildman–Crippen MR) is 133 cm³/mol. The van der Waals surface area contributed by atoms with Crippen molar-refractivity contribution in [2.75, 3.05) is 0 Å². The number of carbonyl (C=O) groups excluding carboxylic acids is 2. The molecule has 1 aliphatic carbocycles. The molecule has 1 saturated carbocycles. The van der Waals surface area contributed by atoms with E-state index in [9.17, 15) is 29.3 Å². The standard InChI is InChI=1S/C28H32FN3O5.Na/c1-17(18-5-3-2-4-6-18)30-28(37)25-26(19-7-8-19)32(14-13-22(33)15-23(34)16-24(35)36)27(31-25)20-9-11-21(29)12-10-20;/h2-6,9-12,17,19,22-23,33-34H,7-8,13-16H2,1H3,(H,30,37)(H,35,36);/q;+1/p-1/t17-,22-,23-;/m1./s1. The number of carbonyl (C=O) groups is 2. The molecular formula is C28H31FN3NaO5. The maximum absolute atomic E-state index is 13.6. The van der Waals surface area contributed by atoms with Gasteiger partial charge in [-0.2, -0.15) is 0 Å². The van der Waals surface area contributed by atoms with Crippen molar-refractivity contribution in [2.24, 2.45) is 0 Å². The summed E-state index contributed by atoms with van der Waals surface area (Å²) in [6.07, 6.45) is -0.861. The van der Waals surface area contributed by atoms with Crippen molar-refractivity contribution in [1.29, 1.82) is 0 Å². The van der Waals surface area contributed by atoms with E-state index in [1.165, 1.54) is 12.1 Å². The largest absolute Gasteiger partial charge is 1.00 e. The molecule has 1 aliphatic rings. The van der Waals surface area contributed by atoms with Crippen LogP contribution in [0.15, 0.2) is 54.6 Å². The Labute approximate surface area is 243 Å². The molecule has 0 radical (unpaired) electrons. The SMILES string of the molecule is C[C@@H](NC(=O)c1nc(-c2ccc(F)cc2)n(CC[C@@H](O)C[C@@H](O)CC(=O)[O-])c1C1CC1)c1ccccc1.[Na+]. The molecule has 0 spiro atoms. The van der Waals surface area contributed by atoms with Gasteiger partial charge in [-0.25, -0.2) is 9.37 Å². The number of halogens is 1. The van der Waals surface area contributed by atoms with Gasteiger partial charge < -0.3 is 30.0 Å². The Hall–Kier alpha value is -2.56. The number of aliphatic carboxylic acids is 1. The number of amides is 1. The minimum Gasteiger partial charge on any atom is -0.550 e. The fraction of sp³-hybridized carbons (Fsp3) is 0.393. The molecule has 1 aromatic heterocycles. The van der Waals surface area contributed by atoms with Gasteiger partial charge in [0.1, 0.15) is 17.3 Å². The zero-order valence-corrected chi connectivity index (χ0v) is 23.6. The summed E-state index contributed by atoms with van der Waals surface area (Å²) in [5.74, 6) is -1.47. The molecule has 0 aliphatic heterocycles. The third kappa shape index (κ3) is 7.74. The number of aromatic nitrogens is 2. The number of rotatable bonds is 12. The van der Waals surface area contributed by atoms with Gasteiger partial charge in [0.2, 0.25) is 0 Å². The molecule has 196 valence electrons. The van der Waals surface area contributed by atoms with E-state index < -0.39 is 30.4 Å². The molecule has 3 atom stereocenters. The van der Waals surface area contributed by atoms with E-state index in [1.54, 1.807) is 12.1 Å². The number of nitrogens with one attached hydrogen (secondary N) is 1. The Balaban J connectivity index is 0.00000400. The zero-order chi connectivity index (χ0) is 26.5. The molecule has 0 unspecified atom stereocenters. The van der Waals surface area contributed by atoms with Crippen molar-refractivity contribution in [3.05, 3.63) is 77.4 Å². The molecule has 0 saturated heterocycles. The molecular weight excluding hydrogens is 500 g/mol. The third-order valence-electron chi connectivity index (χ3n) is 6.57. The molecule has 8 nitrogen and oxygen atoms in total. The smallest absolute Gasteiger partial charge is 0.550 e. The van der Waals surface area contributed by atoms with Crippen molar-refractivity contribution >= 4 is 11.9 Å². The van der Waals surface area contributed by atoms with E-state index in [0.29, 0.717) is 17.1 Å². The molecule has 4 rings (SSSR count). The Kier molecular flexibility index (Phi) is 10.6. The van der Waals surface area contributed by atoms with Crippen molar-refractivity contribution in [1.82, 2.24) is 14.9 Å². The van der Waals surface area contributed by atoms with Crippen LogP contribution in [-0.2, 0) is 11.3 Å². The van der Waals surface area contributed by atoms with Crippen molar-refractivity contribution in [3.63, 3.8) is 0 Å². The number of hydrogen-bond acceptors (Lipinski definition) is 6. The molecule has 3 N–H and O–H groups in total. The molecule has 1 fully saturated rings. The number of carboxylic acids is 1. The van der Waals surface area contributed by atoms with E-state index in [2.05, 4.69) is 5.32 Å². The second kappa shape index (κ2) is 13.5. The van der Waals surface area contributed by atoms with E-state index in [0.717, 1.165) is 24.1 Å². The Morgan fingerprint density at radius 3 is 2.37 bits per heavy atom. The first kappa shape index (κ1) is 30.0. The summed E-state index contributed by atoms with van der Waals surface area (Å²) in [5, 5.41) is 34.1. The molecule has 38 heavy (non-hydrogen) atoms. The van der Waals surface area contributed by atoms with Crippen LogP contribution in [0.5, 0.6) is 0 Å². The van der Waals surface area contributed by atoms with E-state index in [4.69, 9.17) is 4.98 Å². The Morgan fingerprint density at radius 1 is 1.11 bits per heavy atom. The van der Waals surface area contributed by atoms with Crippen LogP contribution in [0.3, 0.4) is 0 Å². The van der Waals surface area contributed by atoms with Crippen LogP contribution in [0.25, 0.3) is 11.4 Å². The van der Waals surface area contributed by atoms with E-state index in [1.807, 2.05) is 41.8 Å². The summed E-state index contributed by atoms with van der Waals surface area (Å²) in [7, 11) is 0. The van der Waals surface area contributed by atoms with Crippen LogP contribution in [0.4, 0.5) is 4.39 Å². The number of benzene rings is 2. The monoisotopic (exact) mass is 531 g/mol. The number of carboxylic acid groups (broad SMARTS) is 1. The molecule has 0 bridgehead atoms. The second-order valence-electron chi connectivity index (χ2n) is 9.62. The Morgan fingerprint density at radius 2 is 1.76 bits per heavy atom. The van der Waals surface area contributed by atoms with Crippen LogP contribution in [0.2, 0.25) is 0 Å². The van der Waals surface area contributed by atoms with Gasteiger partial charge in [0, 0.05) is 30.4 Å². The number of hydrogen-bond donors (Lipinski definition) is 3. The zero-order valence-electron chi connectivity index (χ0n) is 21.6. The molecule has 2 aromatic carbocycles. The van der Waals surface area contributed by atoms with Gasteiger partial charge in [-0.15, -0.1) is 0 Å². The third-order valence-corrected chi connectivity index (χ3v) is 6.57. The van der Waals surface area contributed by atoms with Crippen molar-refractivity contribution < 1.29 is 58.9 Å². The number of aliphatic hydroxyl groups is 2. The summed E-state index contributed by atoms with van der Waals surface area (Å²) in [6.45, 7) is 2.18. The minimum atomic E-state index is -1.38.